The highest BCUT2D eigenvalue weighted by Crippen LogP contribution is 1.99. The van der Waals surface area contributed by atoms with Crippen molar-refractivity contribution in [2.24, 2.45) is 0 Å². The maximum Gasteiger partial charge on any atom is 0.311 e. The molecule has 0 aliphatic rings. The molecule has 0 spiro atoms. The van der Waals surface area contributed by atoms with E-state index in [1.165, 1.54) is 11.8 Å². The number of hydrogen-bond acceptors (Lipinski definition) is 3. The monoisotopic (exact) mass is 219 g/mol. The molecule has 0 bridgehead atoms. The van der Waals surface area contributed by atoms with Gasteiger partial charge in [-0.05, 0) is 20.8 Å². The van der Waals surface area contributed by atoms with Crippen LogP contribution in [-0.4, -0.2) is 39.0 Å². The molecule has 82 valence electrons. The lowest BCUT2D eigenvalue weighted by Gasteiger charge is -2.17. The lowest BCUT2D eigenvalue weighted by molar-refractivity contribution is -0.116. The van der Waals surface area contributed by atoms with Crippen LogP contribution in [-0.2, 0) is 15.6 Å². The number of nitrogens with zero attached hydrogens (tertiary/aromatic N) is 1. The topological polar surface area (TPSA) is 54.5 Å². The fourth-order valence-electron chi connectivity index (χ4n) is 0.950. The van der Waals surface area contributed by atoms with Crippen molar-refractivity contribution in [1.29, 1.82) is 0 Å². The van der Waals surface area contributed by atoms with Crippen LogP contribution in [0, 0.1) is 0 Å². The number of Topliss-reactive ketones (excluding diaryl/α,β-unsaturated/α-hetero) is 1. The molecule has 14 heavy (non-hydrogen) atoms. The van der Waals surface area contributed by atoms with Crippen molar-refractivity contribution in [1.82, 2.24) is 4.90 Å². The average Bonchev–Trinajstić information content (AvgIpc) is 2.15. The van der Waals surface area contributed by atoms with Gasteiger partial charge in [-0.1, -0.05) is 0 Å². The second-order valence-corrected chi connectivity index (χ2v) is 4.39. The highest BCUT2D eigenvalue weighted by molar-refractivity contribution is 8.00. The van der Waals surface area contributed by atoms with Crippen LogP contribution in [0.15, 0.2) is 0 Å². The van der Waals surface area contributed by atoms with Gasteiger partial charge >= 0.3 is 5.24 Å². The van der Waals surface area contributed by atoms with Crippen molar-refractivity contribution >= 4 is 21.8 Å². The molecular weight excluding hydrogens is 202 g/mol. The first kappa shape index (κ1) is 13.3. The van der Waals surface area contributed by atoms with Gasteiger partial charge in [0.1, 0.15) is 16.6 Å². The molecule has 0 aromatic carbocycles. The molecular formula is C9H17NO3S. The minimum atomic E-state index is -1.55. The lowest BCUT2D eigenvalue weighted by Crippen LogP contribution is -2.33. The van der Waals surface area contributed by atoms with Crippen molar-refractivity contribution in [3.05, 3.63) is 0 Å². The average molecular weight is 219 g/mol. The van der Waals surface area contributed by atoms with E-state index >= 15 is 0 Å². The van der Waals surface area contributed by atoms with Crippen LogP contribution < -0.4 is 0 Å². The van der Waals surface area contributed by atoms with Gasteiger partial charge in [-0.3, -0.25) is 9.59 Å². The Labute approximate surface area is 87.1 Å². The van der Waals surface area contributed by atoms with Crippen LogP contribution in [0.2, 0.25) is 0 Å². The zero-order chi connectivity index (χ0) is 11.1. The quantitative estimate of drug-likeness (QED) is 0.697. The lowest BCUT2D eigenvalue weighted by atomic mass is 10.4. The summed E-state index contributed by atoms with van der Waals surface area (Å²) >= 11 is 0. The Morgan fingerprint density at radius 2 is 1.71 bits per heavy atom. The van der Waals surface area contributed by atoms with Gasteiger partial charge in [-0.15, -0.1) is 0 Å². The van der Waals surface area contributed by atoms with E-state index in [0.29, 0.717) is 13.1 Å². The first-order valence-electron chi connectivity index (χ1n) is 4.69. The van der Waals surface area contributed by atoms with Crippen molar-refractivity contribution in [2.75, 3.05) is 18.8 Å². The fraction of sp³-hybridized carbons (Fsp3) is 0.778. The number of amides is 1. The predicted octanol–water partition coefficient (Wildman–Crippen LogP) is 1.18. The molecule has 0 fully saturated rings. The third kappa shape index (κ3) is 4.50. The Bertz CT molecular complexity index is 236. The van der Waals surface area contributed by atoms with E-state index in [1.54, 1.807) is 0 Å². The molecule has 0 aromatic heterocycles. The summed E-state index contributed by atoms with van der Waals surface area (Å²) in [7, 11) is -1.55. The van der Waals surface area contributed by atoms with E-state index in [-0.39, 0.29) is 23.2 Å². The number of hydrogen-bond donors (Lipinski definition) is 0. The van der Waals surface area contributed by atoms with E-state index in [2.05, 4.69) is 0 Å². The predicted molar refractivity (Wildman–Crippen MR) is 56.6 cm³/mol. The summed E-state index contributed by atoms with van der Waals surface area (Å²) in [6.45, 7) is 6.22. The van der Waals surface area contributed by atoms with Gasteiger partial charge in [0.2, 0.25) is 0 Å². The summed E-state index contributed by atoms with van der Waals surface area (Å²) in [5.74, 6) is 0.107. The Morgan fingerprint density at radius 3 is 2.07 bits per heavy atom. The van der Waals surface area contributed by atoms with Gasteiger partial charge in [0.25, 0.3) is 0 Å². The molecule has 0 rings (SSSR count). The molecule has 0 aliphatic heterocycles. The molecule has 0 aliphatic carbocycles. The molecule has 0 saturated carbocycles. The van der Waals surface area contributed by atoms with Crippen molar-refractivity contribution in [3.8, 4) is 0 Å². The largest absolute Gasteiger partial charge is 0.332 e. The summed E-state index contributed by atoms with van der Waals surface area (Å²) in [6.07, 6.45) is 0.208. The van der Waals surface area contributed by atoms with Crippen LogP contribution in [0.5, 0.6) is 0 Å². The van der Waals surface area contributed by atoms with Crippen molar-refractivity contribution < 1.29 is 13.8 Å². The molecule has 1 amide bonds. The second-order valence-electron chi connectivity index (χ2n) is 2.94. The number of carbonyl (C=O) groups excluding carboxylic acids is 2. The zero-order valence-electron chi connectivity index (χ0n) is 8.91. The SMILES string of the molecule is CCN(CC)C(=O)S(=O)CCC(C)=O. The summed E-state index contributed by atoms with van der Waals surface area (Å²) < 4.78 is 11.4. The van der Waals surface area contributed by atoms with E-state index in [0.717, 1.165) is 0 Å². The Morgan fingerprint density at radius 1 is 1.21 bits per heavy atom. The normalized spacial score (nSPS) is 12.2. The third-order valence-corrected chi connectivity index (χ3v) is 3.08. The van der Waals surface area contributed by atoms with Crippen LogP contribution in [0.4, 0.5) is 4.79 Å². The van der Waals surface area contributed by atoms with Gasteiger partial charge < -0.3 is 4.90 Å². The molecule has 0 saturated heterocycles. The Hall–Kier alpha value is -0.710. The first-order chi connectivity index (χ1) is 6.52. The summed E-state index contributed by atoms with van der Waals surface area (Å²) in [4.78, 5) is 23.6. The number of carbonyl (C=O) groups is 2. The standard InChI is InChI=1S/C9H17NO3S/c1-4-10(5-2)9(12)14(13)7-6-8(3)11/h4-7H2,1-3H3. The summed E-state index contributed by atoms with van der Waals surface area (Å²) in [5, 5.41) is -0.365. The Balaban J connectivity index is 4.10. The molecule has 1 atom stereocenters. The maximum absolute atomic E-state index is 11.4. The smallest absolute Gasteiger partial charge is 0.311 e. The van der Waals surface area contributed by atoms with Gasteiger partial charge in [0.05, 0.1) is 0 Å². The van der Waals surface area contributed by atoms with Crippen molar-refractivity contribution in [2.45, 2.75) is 27.2 Å². The summed E-state index contributed by atoms with van der Waals surface area (Å²) in [6, 6.07) is 0. The number of ketones is 1. The molecule has 5 heteroatoms. The number of rotatable bonds is 5. The minimum Gasteiger partial charge on any atom is -0.332 e. The third-order valence-electron chi connectivity index (χ3n) is 1.86. The minimum absolute atomic E-state index is 0.0364. The Kier molecular flexibility index (Phi) is 6.36. The van der Waals surface area contributed by atoms with Gasteiger partial charge in [-0.2, -0.15) is 0 Å². The van der Waals surface area contributed by atoms with Crippen LogP contribution in [0.25, 0.3) is 0 Å². The summed E-state index contributed by atoms with van der Waals surface area (Å²) in [5.41, 5.74) is 0. The highest BCUT2D eigenvalue weighted by Gasteiger charge is 2.17. The van der Waals surface area contributed by atoms with Gasteiger partial charge in [0, 0.05) is 25.3 Å². The zero-order valence-corrected chi connectivity index (χ0v) is 9.73. The molecule has 0 heterocycles. The molecule has 4 nitrogen and oxygen atoms in total. The maximum atomic E-state index is 11.4. The molecule has 0 N–H and O–H groups in total. The molecule has 1 unspecified atom stereocenters. The highest BCUT2D eigenvalue weighted by atomic mass is 32.2. The van der Waals surface area contributed by atoms with E-state index < -0.39 is 10.8 Å². The van der Waals surface area contributed by atoms with E-state index in [1.807, 2.05) is 13.8 Å². The van der Waals surface area contributed by atoms with E-state index in [4.69, 9.17) is 0 Å². The molecule has 0 radical (unpaired) electrons. The van der Waals surface area contributed by atoms with Crippen LogP contribution in [0.1, 0.15) is 27.2 Å². The van der Waals surface area contributed by atoms with Gasteiger partial charge in [0.15, 0.2) is 0 Å². The first-order valence-corrected chi connectivity index (χ1v) is 6.01. The van der Waals surface area contributed by atoms with E-state index in [9.17, 15) is 13.8 Å². The van der Waals surface area contributed by atoms with Gasteiger partial charge in [-0.25, -0.2) is 4.21 Å². The van der Waals surface area contributed by atoms with Crippen molar-refractivity contribution in [3.63, 3.8) is 0 Å². The fourth-order valence-corrected chi connectivity index (χ4v) is 2.14. The second kappa shape index (κ2) is 6.70. The van der Waals surface area contributed by atoms with Crippen LogP contribution >= 0.6 is 0 Å². The molecule has 0 aromatic rings. The van der Waals surface area contributed by atoms with Crippen LogP contribution in [0.3, 0.4) is 0 Å².